The lowest BCUT2D eigenvalue weighted by molar-refractivity contribution is 0.121. The van der Waals surface area contributed by atoms with E-state index in [9.17, 15) is 0 Å². The van der Waals surface area contributed by atoms with E-state index in [1.165, 1.54) is 0 Å². The Morgan fingerprint density at radius 3 is 3.00 bits per heavy atom. The summed E-state index contributed by atoms with van der Waals surface area (Å²) in [5, 5.41) is 0. The summed E-state index contributed by atoms with van der Waals surface area (Å²) < 4.78 is 5.36. The Balaban J connectivity index is 2.23. The normalized spacial score (nSPS) is 12.7. The van der Waals surface area contributed by atoms with Crippen molar-refractivity contribution in [2.45, 2.75) is 25.8 Å². The Labute approximate surface area is 85.3 Å². The third kappa shape index (κ3) is 4.35. The van der Waals surface area contributed by atoms with Crippen LogP contribution in [-0.4, -0.2) is 24.2 Å². The third-order valence-corrected chi connectivity index (χ3v) is 1.88. The SMILES string of the molecule is CCCOCC(N)Cc1ccccn1. The summed E-state index contributed by atoms with van der Waals surface area (Å²) in [5.74, 6) is 0. The van der Waals surface area contributed by atoms with E-state index in [0.29, 0.717) is 6.61 Å². The molecule has 0 aliphatic rings. The fourth-order valence-electron chi connectivity index (χ4n) is 1.23. The smallest absolute Gasteiger partial charge is 0.0621 e. The molecule has 0 aromatic carbocycles. The van der Waals surface area contributed by atoms with E-state index in [1.807, 2.05) is 18.2 Å². The van der Waals surface area contributed by atoms with Gasteiger partial charge in [-0.05, 0) is 18.6 Å². The van der Waals surface area contributed by atoms with Crippen molar-refractivity contribution in [1.29, 1.82) is 0 Å². The number of rotatable bonds is 6. The lowest BCUT2D eigenvalue weighted by Gasteiger charge is -2.10. The standard InChI is InChI=1S/C11H18N2O/c1-2-7-14-9-10(12)8-11-5-3-4-6-13-11/h3-6,10H,2,7-9,12H2,1H3. The van der Waals surface area contributed by atoms with Gasteiger partial charge < -0.3 is 10.5 Å². The Hall–Kier alpha value is -0.930. The maximum Gasteiger partial charge on any atom is 0.0621 e. The second kappa shape index (κ2) is 6.51. The first-order valence-electron chi connectivity index (χ1n) is 5.06. The Kier molecular flexibility index (Phi) is 5.19. The van der Waals surface area contributed by atoms with Crippen LogP contribution in [0, 0.1) is 0 Å². The molecule has 1 rings (SSSR count). The molecule has 1 aromatic rings. The highest BCUT2D eigenvalue weighted by Crippen LogP contribution is 1.98. The summed E-state index contributed by atoms with van der Waals surface area (Å²) in [7, 11) is 0. The first-order valence-corrected chi connectivity index (χ1v) is 5.06. The number of aromatic nitrogens is 1. The molecule has 0 saturated carbocycles. The van der Waals surface area contributed by atoms with Gasteiger partial charge in [0.1, 0.15) is 0 Å². The molecule has 1 unspecified atom stereocenters. The van der Waals surface area contributed by atoms with Crippen molar-refractivity contribution in [3.8, 4) is 0 Å². The van der Waals surface area contributed by atoms with Crippen LogP contribution in [0.25, 0.3) is 0 Å². The van der Waals surface area contributed by atoms with Crippen LogP contribution in [0.4, 0.5) is 0 Å². The Morgan fingerprint density at radius 1 is 1.50 bits per heavy atom. The van der Waals surface area contributed by atoms with Crippen molar-refractivity contribution >= 4 is 0 Å². The number of pyridine rings is 1. The number of hydrogen-bond donors (Lipinski definition) is 1. The van der Waals surface area contributed by atoms with Gasteiger partial charge >= 0.3 is 0 Å². The number of nitrogens with two attached hydrogens (primary N) is 1. The molecule has 0 bridgehead atoms. The molecule has 1 aromatic heterocycles. The van der Waals surface area contributed by atoms with Gasteiger partial charge in [-0.3, -0.25) is 4.98 Å². The van der Waals surface area contributed by atoms with E-state index in [2.05, 4.69) is 11.9 Å². The zero-order chi connectivity index (χ0) is 10.2. The molecular weight excluding hydrogens is 176 g/mol. The lowest BCUT2D eigenvalue weighted by Crippen LogP contribution is -2.29. The van der Waals surface area contributed by atoms with E-state index >= 15 is 0 Å². The maximum atomic E-state index is 5.88. The van der Waals surface area contributed by atoms with Crippen molar-refractivity contribution in [1.82, 2.24) is 4.98 Å². The van der Waals surface area contributed by atoms with Gasteiger partial charge in [0.25, 0.3) is 0 Å². The minimum absolute atomic E-state index is 0.0523. The van der Waals surface area contributed by atoms with Gasteiger partial charge in [0.05, 0.1) is 6.61 Å². The molecule has 3 heteroatoms. The third-order valence-electron chi connectivity index (χ3n) is 1.88. The summed E-state index contributed by atoms with van der Waals surface area (Å²) >= 11 is 0. The minimum Gasteiger partial charge on any atom is -0.380 e. The number of nitrogens with zero attached hydrogens (tertiary/aromatic N) is 1. The molecule has 0 saturated heterocycles. The van der Waals surface area contributed by atoms with Gasteiger partial charge in [0.2, 0.25) is 0 Å². The largest absolute Gasteiger partial charge is 0.380 e. The monoisotopic (exact) mass is 194 g/mol. The highest BCUT2D eigenvalue weighted by molar-refractivity contribution is 5.04. The number of ether oxygens (including phenoxy) is 1. The Morgan fingerprint density at radius 2 is 2.36 bits per heavy atom. The van der Waals surface area contributed by atoms with E-state index in [0.717, 1.165) is 25.1 Å². The second-order valence-corrected chi connectivity index (χ2v) is 3.36. The molecule has 0 radical (unpaired) electrons. The van der Waals surface area contributed by atoms with Crippen molar-refractivity contribution in [3.05, 3.63) is 30.1 Å². The van der Waals surface area contributed by atoms with Crippen molar-refractivity contribution < 1.29 is 4.74 Å². The van der Waals surface area contributed by atoms with Crippen LogP contribution in [-0.2, 0) is 11.2 Å². The Bertz CT molecular complexity index is 238. The van der Waals surface area contributed by atoms with Gasteiger partial charge in [0.15, 0.2) is 0 Å². The van der Waals surface area contributed by atoms with Crippen LogP contribution in [0.1, 0.15) is 19.0 Å². The summed E-state index contributed by atoms with van der Waals surface area (Å²) in [4.78, 5) is 4.21. The predicted molar refractivity (Wildman–Crippen MR) is 57.0 cm³/mol. The van der Waals surface area contributed by atoms with Crippen molar-refractivity contribution in [3.63, 3.8) is 0 Å². The van der Waals surface area contributed by atoms with Crippen LogP contribution in [0.3, 0.4) is 0 Å². The maximum absolute atomic E-state index is 5.88. The molecule has 3 nitrogen and oxygen atoms in total. The van der Waals surface area contributed by atoms with Crippen LogP contribution < -0.4 is 5.73 Å². The highest BCUT2D eigenvalue weighted by atomic mass is 16.5. The zero-order valence-corrected chi connectivity index (χ0v) is 8.65. The van der Waals surface area contributed by atoms with Crippen molar-refractivity contribution in [2.24, 2.45) is 5.73 Å². The summed E-state index contributed by atoms with van der Waals surface area (Å²) in [6.45, 7) is 3.49. The average Bonchev–Trinajstić information content (AvgIpc) is 2.20. The lowest BCUT2D eigenvalue weighted by atomic mass is 10.1. The molecule has 78 valence electrons. The minimum atomic E-state index is 0.0523. The molecule has 0 amide bonds. The molecule has 0 fully saturated rings. The molecular formula is C11H18N2O. The van der Waals surface area contributed by atoms with Gasteiger partial charge in [0, 0.05) is 31.0 Å². The zero-order valence-electron chi connectivity index (χ0n) is 8.65. The summed E-state index contributed by atoms with van der Waals surface area (Å²) in [6, 6.07) is 5.92. The summed E-state index contributed by atoms with van der Waals surface area (Å²) in [5.41, 5.74) is 6.91. The summed E-state index contributed by atoms with van der Waals surface area (Å²) in [6.07, 6.45) is 3.61. The fourth-order valence-corrected chi connectivity index (χ4v) is 1.23. The first-order chi connectivity index (χ1) is 6.83. The van der Waals surface area contributed by atoms with Crippen molar-refractivity contribution in [2.75, 3.05) is 13.2 Å². The van der Waals surface area contributed by atoms with E-state index in [-0.39, 0.29) is 6.04 Å². The first kappa shape index (κ1) is 11.1. The molecule has 0 aliphatic heterocycles. The molecule has 0 spiro atoms. The van der Waals surface area contributed by atoms with Gasteiger partial charge in [-0.25, -0.2) is 0 Å². The molecule has 2 N–H and O–H groups in total. The van der Waals surface area contributed by atoms with E-state index in [4.69, 9.17) is 10.5 Å². The highest BCUT2D eigenvalue weighted by Gasteiger charge is 2.04. The van der Waals surface area contributed by atoms with E-state index < -0.39 is 0 Å². The van der Waals surface area contributed by atoms with E-state index in [1.54, 1.807) is 6.20 Å². The molecule has 1 atom stereocenters. The van der Waals surface area contributed by atoms with Gasteiger partial charge in [-0.1, -0.05) is 13.0 Å². The van der Waals surface area contributed by atoms with Crippen LogP contribution in [0.2, 0.25) is 0 Å². The van der Waals surface area contributed by atoms with Crippen LogP contribution in [0.5, 0.6) is 0 Å². The topological polar surface area (TPSA) is 48.1 Å². The molecule has 1 heterocycles. The number of hydrogen-bond acceptors (Lipinski definition) is 3. The van der Waals surface area contributed by atoms with Gasteiger partial charge in [-0.15, -0.1) is 0 Å². The molecule has 0 aliphatic carbocycles. The average molecular weight is 194 g/mol. The second-order valence-electron chi connectivity index (χ2n) is 3.36. The molecule has 14 heavy (non-hydrogen) atoms. The quantitative estimate of drug-likeness (QED) is 0.696. The van der Waals surface area contributed by atoms with Crippen LogP contribution in [0.15, 0.2) is 24.4 Å². The van der Waals surface area contributed by atoms with Crippen LogP contribution >= 0.6 is 0 Å². The predicted octanol–water partition coefficient (Wildman–Crippen LogP) is 1.38. The fraction of sp³-hybridized carbons (Fsp3) is 0.545. The van der Waals surface area contributed by atoms with Gasteiger partial charge in [-0.2, -0.15) is 0 Å².